The van der Waals surface area contributed by atoms with Crippen molar-refractivity contribution in [3.05, 3.63) is 88.7 Å². The van der Waals surface area contributed by atoms with Crippen LogP contribution in [0.3, 0.4) is 0 Å². The third-order valence-corrected chi connectivity index (χ3v) is 5.51. The highest BCUT2D eigenvalue weighted by atomic mass is 19.1. The fourth-order valence-corrected chi connectivity index (χ4v) is 3.93. The van der Waals surface area contributed by atoms with Crippen molar-refractivity contribution in [1.29, 1.82) is 0 Å². The van der Waals surface area contributed by atoms with E-state index in [0.29, 0.717) is 35.8 Å². The van der Waals surface area contributed by atoms with E-state index in [9.17, 15) is 14.0 Å². The Bertz CT molecular complexity index is 1280. The van der Waals surface area contributed by atoms with E-state index in [1.165, 1.54) is 28.9 Å². The lowest BCUT2D eigenvalue weighted by Crippen LogP contribution is -2.20. The first-order chi connectivity index (χ1) is 15.6. The van der Waals surface area contributed by atoms with Crippen LogP contribution < -0.4 is 10.9 Å². The molecule has 3 heterocycles. The predicted molar refractivity (Wildman–Crippen MR) is 118 cm³/mol. The number of amides is 1. The molecule has 0 radical (unpaired) electrons. The van der Waals surface area contributed by atoms with E-state index in [4.69, 9.17) is 4.74 Å². The van der Waals surface area contributed by atoms with Crippen molar-refractivity contribution in [3.63, 3.8) is 0 Å². The standard InChI is InChI=1S/C24H21FN4O3/c25-16-8-10-17(11-9-16)26-23(30)20-14-28(13-19-7-4-12-32-19)15-21-22(20)27-29(24(21)31)18-5-2-1-3-6-18/h1-3,5-6,8-11,14-15,19H,4,7,12-13H2,(H,26,30)/t19-/m1/s1. The number of carbonyl (C=O) groups excluding carboxylic acids is 1. The van der Waals surface area contributed by atoms with E-state index < -0.39 is 11.7 Å². The summed E-state index contributed by atoms with van der Waals surface area (Å²) in [6, 6.07) is 14.6. The molecule has 0 bridgehead atoms. The van der Waals surface area contributed by atoms with Gasteiger partial charge in [-0.25, -0.2) is 4.39 Å². The van der Waals surface area contributed by atoms with Crippen molar-refractivity contribution in [2.45, 2.75) is 25.5 Å². The molecule has 0 aromatic heterocycles. The molecule has 5 rings (SSSR count). The molecule has 0 unspecified atom stereocenters. The van der Waals surface area contributed by atoms with Gasteiger partial charge in [0, 0.05) is 31.2 Å². The van der Waals surface area contributed by atoms with Gasteiger partial charge in [0.15, 0.2) is 0 Å². The molecule has 8 heteroatoms. The van der Waals surface area contributed by atoms with Crippen LogP contribution in [0.25, 0.3) is 16.9 Å². The lowest BCUT2D eigenvalue weighted by atomic mass is 10.1. The Balaban J connectivity index is 1.59. The van der Waals surface area contributed by atoms with Crippen LogP contribution >= 0.6 is 0 Å². The molecule has 32 heavy (non-hydrogen) atoms. The third kappa shape index (κ3) is 3.92. The molecular weight excluding hydrogens is 411 g/mol. The van der Waals surface area contributed by atoms with Gasteiger partial charge in [-0.2, -0.15) is 9.78 Å². The minimum absolute atomic E-state index is 0.0322. The smallest absolute Gasteiger partial charge is 0.282 e. The SMILES string of the molecule is O=C(Nc1ccc(F)cc1)c1cn(C[C@H]2CCCO2)cc2c(=O)n(-c3ccccc3)nc1-2. The van der Waals surface area contributed by atoms with Crippen LogP contribution in [-0.2, 0) is 11.3 Å². The van der Waals surface area contributed by atoms with Crippen LogP contribution in [0.4, 0.5) is 10.1 Å². The fraction of sp³-hybridized carbons (Fsp3) is 0.208. The summed E-state index contributed by atoms with van der Waals surface area (Å²) in [6.07, 6.45) is 5.36. The van der Waals surface area contributed by atoms with E-state index >= 15 is 0 Å². The van der Waals surface area contributed by atoms with E-state index in [2.05, 4.69) is 10.4 Å². The highest BCUT2D eigenvalue weighted by Crippen LogP contribution is 2.25. The molecule has 0 spiro atoms. The number of pyridine rings is 1. The quantitative estimate of drug-likeness (QED) is 0.522. The zero-order valence-electron chi connectivity index (χ0n) is 17.2. The Kier molecular flexibility index (Phi) is 5.28. The number of halogens is 1. The summed E-state index contributed by atoms with van der Waals surface area (Å²) in [5.41, 5.74) is 1.68. The highest BCUT2D eigenvalue weighted by molar-refractivity contribution is 6.08. The van der Waals surface area contributed by atoms with E-state index in [1.54, 1.807) is 24.5 Å². The monoisotopic (exact) mass is 432 g/mol. The van der Waals surface area contributed by atoms with Gasteiger partial charge in [-0.05, 0) is 49.2 Å². The van der Waals surface area contributed by atoms with Gasteiger partial charge in [0.25, 0.3) is 11.5 Å². The number of nitrogens with one attached hydrogen (secondary N) is 1. The van der Waals surface area contributed by atoms with Crippen molar-refractivity contribution < 1.29 is 13.9 Å². The maximum absolute atomic E-state index is 13.2. The van der Waals surface area contributed by atoms with E-state index in [1.807, 2.05) is 22.8 Å². The first-order valence-electron chi connectivity index (χ1n) is 10.5. The summed E-state index contributed by atoms with van der Waals surface area (Å²) in [4.78, 5) is 26.3. The van der Waals surface area contributed by atoms with Gasteiger partial charge < -0.3 is 14.6 Å². The van der Waals surface area contributed by atoms with Crippen molar-refractivity contribution >= 4 is 11.6 Å². The van der Waals surface area contributed by atoms with Crippen LogP contribution in [0.1, 0.15) is 23.2 Å². The Morgan fingerprint density at radius 1 is 1.12 bits per heavy atom. The summed E-state index contributed by atoms with van der Waals surface area (Å²) >= 11 is 0. The fourth-order valence-electron chi connectivity index (χ4n) is 3.93. The molecule has 1 N–H and O–H groups in total. The van der Waals surface area contributed by atoms with Crippen LogP contribution in [0, 0.1) is 5.82 Å². The van der Waals surface area contributed by atoms with Crippen molar-refractivity contribution in [1.82, 2.24) is 14.3 Å². The molecule has 1 atom stereocenters. The molecule has 3 aliphatic heterocycles. The van der Waals surface area contributed by atoms with Crippen LogP contribution in [0.15, 0.2) is 71.8 Å². The Morgan fingerprint density at radius 2 is 1.91 bits per heavy atom. The number of hydrogen-bond acceptors (Lipinski definition) is 4. The van der Waals surface area contributed by atoms with Crippen molar-refractivity contribution in [3.8, 4) is 16.9 Å². The van der Waals surface area contributed by atoms with Crippen LogP contribution in [-0.4, -0.2) is 33.0 Å². The molecule has 7 nitrogen and oxygen atoms in total. The summed E-state index contributed by atoms with van der Waals surface area (Å²) in [7, 11) is 0. The number of anilines is 1. The number of nitrogens with zero attached hydrogens (tertiary/aromatic N) is 3. The zero-order valence-corrected chi connectivity index (χ0v) is 17.2. The number of hydrogen-bond donors (Lipinski definition) is 1. The largest absolute Gasteiger partial charge is 0.376 e. The third-order valence-electron chi connectivity index (χ3n) is 5.51. The molecule has 3 aliphatic rings. The normalized spacial score (nSPS) is 15.8. The number of fused-ring (bicyclic) bond motifs is 1. The second-order valence-corrected chi connectivity index (χ2v) is 7.78. The highest BCUT2D eigenvalue weighted by Gasteiger charge is 2.26. The minimum Gasteiger partial charge on any atom is -0.376 e. The summed E-state index contributed by atoms with van der Waals surface area (Å²) < 4.78 is 22.1. The maximum atomic E-state index is 13.2. The summed E-state index contributed by atoms with van der Waals surface area (Å²) in [5, 5.41) is 7.24. The van der Waals surface area contributed by atoms with Gasteiger partial charge >= 0.3 is 0 Å². The summed E-state index contributed by atoms with van der Waals surface area (Å²) in [5.74, 6) is -0.821. The average Bonchev–Trinajstić information content (AvgIpc) is 3.43. The predicted octanol–water partition coefficient (Wildman–Crippen LogP) is 3.71. The van der Waals surface area contributed by atoms with Gasteiger partial charge in [-0.15, -0.1) is 0 Å². The number of aromatic nitrogens is 3. The Labute approximate surface area is 183 Å². The van der Waals surface area contributed by atoms with E-state index in [-0.39, 0.29) is 17.2 Å². The number of carbonyl (C=O) groups is 1. The Morgan fingerprint density at radius 3 is 2.62 bits per heavy atom. The van der Waals surface area contributed by atoms with Crippen molar-refractivity contribution in [2.75, 3.05) is 11.9 Å². The van der Waals surface area contributed by atoms with Gasteiger partial charge in [0.1, 0.15) is 11.5 Å². The van der Waals surface area contributed by atoms with Gasteiger partial charge in [-0.1, -0.05) is 18.2 Å². The zero-order chi connectivity index (χ0) is 22.1. The first kappa shape index (κ1) is 20.1. The molecule has 1 amide bonds. The van der Waals surface area contributed by atoms with Crippen LogP contribution in [0.5, 0.6) is 0 Å². The molecule has 1 fully saturated rings. The van der Waals surface area contributed by atoms with Gasteiger partial charge in [0.05, 0.1) is 22.9 Å². The molecule has 1 saturated heterocycles. The number of benzene rings is 2. The molecular formula is C24H21FN4O3. The average molecular weight is 432 g/mol. The van der Waals surface area contributed by atoms with E-state index in [0.717, 1.165) is 12.8 Å². The number of ether oxygens (including phenoxy) is 1. The molecule has 162 valence electrons. The maximum Gasteiger partial charge on any atom is 0.282 e. The lowest BCUT2D eigenvalue weighted by molar-refractivity contribution is 0.0961. The molecule has 0 saturated carbocycles. The minimum atomic E-state index is -0.430. The molecule has 2 aromatic rings. The second-order valence-electron chi connectivity index (χ2n) is 7.78. The first-order valence-corrected chi connectivity index (χ1v) is 10.5. The lowest BCUT2D eigenvalue weighted by Gasteiger charge is -2.16. The number of rotatable bonds is 5. The number of para-hydroxylation sites is 1. The van der Waals surface area contributed by atoms with Gasteiger partial charge in [0.2, 0.25) is 0 Å². The second kappa shape index (κ2) is 8.39. The van der Waals surface area contributed by atoms with Gasteiger partial charge in [-0.3, -0.25) is 9.59 Å². The summed E-state index contributed by atoms with van der Waals surface area (Å²) in [6.45, 7) is 1.24. The molecule has 2 aromatic carbocycles. The topological polar surface area (TPSA) is 78.2 Å². The van der Waals surface area contributed by atoms with Crippen LogP contribution in [0.2, 0.25) is 0 Å². The molecule has 0 aliphatic carbocycles. The Hall–Kier alpha value is -3.78. The van der Waals surface area contributed by atoms with Crippen molar-refractivity contribution in [2.24, 2.45) is 0 Å².